The third-order valence-electron chi connectivity index (χ3n) is 2.14. The second-order valence-corrected chi connectivity index (χ2v) is 3.84. The van der Waals surface area contributed by atoms with E-state index in [1.807, 2.05) is 4.57 Å². The van der Waals surface area contributed by atoms with Crippen LogP contribution in [0.5, 0.6) is 0 Å². The van der Waals surface area contributed by atoms with Crippen molar-refractivity contribution in [3.8, 4) is 0 Å². The van der Waals surface area contributed by atoms with Gasteiger partial charge >= 0.3 is 0 Å². The molecule has 1 aromatic heterocycles. The predicted octanol–water partition coefficient (Wildman–Crippen LogP) is 1.79. The van der Waals surface area contributed by atoms with Gasteiger partial charge in [0.1, 0.15) is 5.82 Å². The number of nitrogens with zero attached hydrogens (tertiary/aromatic N) is 2. The number of hydrogen-bond donors (Lipinski definition) is 1. The lowest BCUT2D eigenvalue weighted by Gasteiger charge is -2.09. The fraction of sp³-hybridized carbons (Fsp3) is 0.778. The van der Waals surface area contributed by atoms with Crippen molar-refractivity contribution < 1.29 is 4.74 Å². The Labute approximate surface area is 89.3 Å². The third kappa shape index (κ3) is 2.65. The highest BCUT2D eigenvalue weighted by Crippen LogP contribution is 2.07. The first-order valence-corrected chi connectivity index (χ1v) is 5.22. The van der Waals surface area contributed by atoms with Crippen molar-refractivity contribution in [1.82, 2.24) is 14.8 Å². The molecule has 0 spiro atoms. The molecular formula is C9H17N3OS. The summed E-state index contributed by atoms with van der Waals surface area (Å²) >= 11 is 5.10. The Balaban J connectivity index is 2.71. The van der Waals surface area contributed by atoms with Crippen LogP contribution in [0.1, 0.15) is 19.7 Å². The van der Waals surface area contributed by atoms with Gasteiger partial charge in [-0.05, 0) is 25.1 Å². The second-order valence-electron chi connectivity index (χ2n) is 3.45. The van der Waals surface area contributed by atoms with Gasteiger partial charge in [-0.1, -0.05) is 6.92 Å². The van der Waals surface area contributed by atoms with E-state index in [1.54, 1.807) is 7.11 Å². The smallest absolute Gasteiger partial charge is 0.195 e. The van der Waals surface area contributed by atoms with Crippen molar-refractivity contribution in [2.45, 2.75) is 26.8 Å². The van der Waals surface area contributed by atoms with E-state index in [9.17, 15) is 0 Å². The van der Waals surface area contributed by atoms with E-state index in [0.29, 0.717) is 10.7 Å². The molecule has 0 saturated heterocycles. The van der Waals surface area contributed by atoms with Crippen LogP contribution in [0.25, 0.3) is 0 Å². The Morgan fingerprint density at radius 2 is 2.36 bits per heavy atom. The normalized spacial score (nSPS) is 13.1. The molecule has 0 aromatic carbocycles. The molecule has 0 aliphatic carbocycles. The molecule has 1 unspecified atom stereocenters. The minimum Gasteiger partial charge on any atom is -0.384 e. The first-order valence-electron chi connectivity index (χ1n) is 4.82. The van der Waals surface area contributed by atoms with E-state index in [2.05, 4.69) is 24.0 Å². The third-order valence-corrected chi connectivity index (χ3v) is 2.45. The number of ether oxygens (including phenoxy) is 1. The standard InChI is InChI=1S/C9H17N3OS/c1-4-12-8(10-11-9(12)14)5-7(2)6-13-3/h7H,4-6H2,1-3H3,(H,11,14). The number of methoxy groups -OCH3 is 1. The zero-order valence-corrected chi connectivity index (χ0v) is 9.73. The Morgan fingerprint density at radius 3 is 2.93 bits per heavy atom. The van der Waals surface area contributed by atoms with Crippen LogP contribution in [-0.2, 0) is 17.7 Å². The van der Waals surface area contributed by atoms with E-state index >= 15 is 0 Å². The fourth-order valence-corrected chi connectivity index (χ4v) is 1.77. The quantitative estimate of drug-likeness (QED) is 0.761. The highest BCUT2D eigenvalue weighted by atomic mass is 32.1. The van der Waals surface area contributed by atoms with Crippen LogP contribution in [-0.4, -0.2) is 28.5 Å². The fourth-order valence-electron chi connectivity index (χ4n) is 1.49. The van der Waals surface area contributed by atoms with Crippen LogP contribution in [0.2, 0.25) is 0 Å². The van der Waals surface area contributed by atoms with Gasteiger partial charge in [0.05, 0.1) is 0 Å². The zero-order chi connectivity index (χ0) is 10.6. The van der Waals surface area contributed by atoms with E-state index in [4.69, 9.17) is 17.0 Å². The van der Waals surface area contributed by atoms with Crippen LogP contribution in [0, 0.1) is 10.7 Å². The van der Waals surface area contributed by atoms with Crippen LogP contribution in [0.4, 0.5) is 0 Å². The first kappa shape index (κ1) is 11.4. The van der Waals surface area contributed by atoms with Gasteiger partial charge in [-0.15, -0.1) is 0 Å². The highest BCUT2D eigenvalue weighted by Gasteiger charge is 2.09. The molecule has 1 rings (SSSR count). The van der Waals surface area contributed by atoms with E-state index in [1.165, 1.54) is 0 Å². The van der Waals surface area contributed by atoms with Gasteiger partial charge in [0, 0.05) is 26.7 Å². The Hall–Kier alpha value is -0.680. The number of H-pyrrole nitrogens is 1. The van der Waals surface area contributed by atoms with Gasteiger partial charge < -0.3 is 9.30 Å². The summed E-state index contributed by atoms with van der Waals surface area (Å²) in [6.45, 7) is 5.82. The summed E-state index contributed by atoms with van der Waals surface area (Å²) in [5.74, 6) is 1.48. The lowest BCUT2D eigenvalue weighted by molar-refractivity contribution is 0.158. The van der Waals surface area contributed by atoms with Crippen molar-refractivity contribution in [3.63, 3.8) is 0 Å². The summed E-state index contributed by atoms with van der Waals surface area (Å²) < 4.78 is 7.80. The minimum absolute atomic E-state index is 0.468. The molecule has 0 amide bonds. The summed E-state index contributed by atoms with van der Waals surface area (Å²) in [5.41, 5.74) is 0. The molecule has 80 valence electrons. The SMILES string of the molecule is CCn1c(CC(C)COC)n[nH]c1=S. The maximum atomic E-state index is 5.10. The lowest BCUT2D eigenvalue weighted by atomic mass is 10.1. The van der Waals surface area contributed by atoms with Crippen molar-refractivity contribution in [1.29, 1.82) is 0 Å². The molecule has 1 aromatic rings. The molecule has 0 bridgehead atoms. The number of rotatable bonds is 5. The molecule has 0 fully saturated rings. The molecule has 5 heteroatoms. The van der Waals surface area contributed by atoms with Gasteiger partial charge in [0.25, 0.3) is 0 Å². The van der Waals surface area contributed by atoms with E-state index < -0.39 is 0 Å². The predicted molar refractivity (Wildman–Crippen MR) is 57.8 cm³/mol. The Morgan fingerprint density at radius 1 is 1.64 bits per heavy atom. The van der Waals surface area contributed by atoms with Crippen molar-refractivity contribution >= 4 is 12.2 Å². The monoisotopic (exact) mass is 215 g/mol. The van der Waals surface area contributed by atoms with E-state index in [-0.39, 0.29) is 0 Å². The molecule has 1 atom stereocenters. The molecule has 1 N–H and O–H groups in total. The largest absolute Gasteiger partial charge is 0.384 e. The second kappa shape index (κ2) is 5.26. The molecule has 0 saturated carbocycles. The molecule has 0 aliphatic rings. The number of nitrogens with one attached hydrogen (secondary N) is 1. The summed E-state index contributed by atoms with van der Waals surface area (Å²) in [4.78, 5) is 0. The zero-order valence-electron chi connectivity index (χ0n) is 8.91. The summed E-state index contributed by atoms with van der Waals surface area (Å²) in [6, 6.07) is 0. The van der Waals surface area contributed by atoms with Gasteiger partial charge in [-0.25, -0.2) is 0 Å². The molecule has 0 radical (unpaired) electrons. The summed E-state index contributed by atoms with van der Waals surface area (Å²) in [5, 5.41) is 7.01. The molecule has 0 aliphatic heterocycles. The van der Waals surface area contributed by atoms with Crippen LogP contribution in [0.3, 0.4) is 0 Å². The molecule has 1 heterocycles. The van der Waals surface area contributed by atoms with Crippen molar-refractivity contribution in [2.75, 3.05) is 13.7 Å². The Bertz CT molecular complexity index is 331. The minimum atomic E-state index is 0.468. The average molecular weight is 215 g/mol. The van der Waals surface area contributed by atoms with E-state index in [0.717, 1.165) is 25.4 Å². The Kier molecular flexibility index (Phi) is 4.28. The molecule has 4 nitrogen and oxygen atoms in total. The van der Waals surface area contributed by atoms with Crippen molar-refractivity contribution in [3.05, 3.63) is 10.6 Å². The topological polar surface area (TPSA) is 42.8 Å². The van der Waals surface area contributed by atoms with Crippen LogP contribution >= 0.6 is 12.2 Å². The van der Waals surface area contributed by atoms with Crippen molar-refractivity contribution in [2.24, 2.45) is 5.92 Å². The first-order chi connectivity index (χ1) is 6.69. The van der Waals surface area contributed by atoms with Gasteiger partial charge in [0.15, 0.2) is 4.77 Å². The average Bonchev–Trinajstić information content (AvgIpc) is 2.47. The molecular weight excluding hydrogens is 198 g/mol. The van der Waals surface area contributed by atoms with Gasteiger partial charge in [0.2, 0.25) is 0 Å². The molecule has 14 heavy (non-hydrogen) atoms. The number of aromatic amines is 1. The summed E-state index contributed by atoms with van der Waals surface area (Å²) in [6.07, 6.45) is 0.898. The van der Waals surface area contributed by atoms with Crippen LogP contribution in [0.15, 0.2) is 0 Å². The van der Waals surface area contributed by atoms with Gasteiger partial charge in [-0.3, -0.25) is 5.10 Å². The maximum Gasteiger partial charge on any atom is 0.195 e. The highest BCUT2D eigenvalue weighted by molar-refractivity contribution is 7.71. The van der Waals surface area contributed by atoms with Crippen LogP contribution < -0.4 is 0 Å². The number of hydrogen-bond acceptors (Lipinski definition) is 3. The van der Waals surface area contributed by atoms with Gasteiger partial charge in [-0.2, -0.15) is 5.10 Å². The number of aromatic nitrogens is 3. The lowest BCUT2D eigenvalue weighted by Crippen LogP contribution is -2.11. The maximum absolute atomic E-state index is 5.10. The summed E-state index contributed by atoms with van der Waals surface area (Å²) in [7, 11) is 1.72.